The minimum absolute atomic E-state index is 0.0294. The summed E-state index contributed by atoms with van der Waals surface area (Å²) in [6.45, 7) is 6.97. The van der Waals surface area contributed by atoms with Gasteiger partial charge < -0.3 is 30.4 Å². The molecule has 3 fully saturated rings. The number of rotatable bonds is 9. The van der Waals surface area contributed by atoms with Gasteiger partial charge in [0.05, 0.1) is 17.5 Å². The number of carbonyl (C=O) groups is 1. The van der Waals surface area contributed by atoms with Gasteiger partial charge >= 0.3 is 0 Å². The number of aromatic nitrogens is 3. The summed E-state index contributed by atoms with van der Waals surface area (Å²) in [5, 5.41) is 0.874. The number of aryl methyl sites for hydroxylation is 1. The molecule has 9 heteroatoms. The molecule has 9 nitrogen and oxygen atoms in total. The maximum absolute atomic E-state index is 12.6. The Morgan fingerprint density at radius 1 is 1.12 bits per heavy atom. The zero-order valence-corrected chi connectivity index (χ0v) is 24.0. The molecule has 0 spiro atoms. The van der Waals surface area contributed by atoms with E-state index >= 15 is 0 Å². The number of nitrogens with two attached hydrogens (primary N) is 2. The number of nitrogen functional groups attached to an aromatic ring is 2. The SMILES string of the molecule is Cc1ccc(CC(=O)CCC2CC(N(C)C[C@H]3C[C@@H](n4ccc5c(N)ncnc54)[C@@H]4OC(C)(C)O[C@H]34)C2)c(N)c1. The monoisotopic (exact) mass is 546 g/mol. The second-order valence-electron chi connectivity index (χ2n) is 12.7. The fraction of sp³-hybridized carbons (Fsp3) is 0.581. The van der Waals surface area contributed by atoms with Crippen molar-refractivity contribution in [3.63, 3.8) is 0 Å². The number of ether oxygens (including phenoxy) is 2. The van der Waals surface area contributed by atoms with Crippen molar-refractivity contribution in [1.29, 1.82) is 0 Å². The van der Waals surface area contributed by atoms with E-state index in [1.165, 1.54) is 6.33 Å². The molecule has 1 aliphatic heterocycles. The van der Waals surface area contributed by atoms with Crippen molar-refractivity contribution in [2.75, 3.05) is 25.1 Å². The van der Waals surface area contributed by atoms with Crippen LogP contribution in [0.15, 0.2) is 36.8 Å². The third kappa shape index (κ3) is 5.22. The van der Waals surface area contributed by atoms with Gasteiger partial charge in [-0.2, -0.15) is 0 Å². The molecule has 0 amide bonds. The van der Waals surface area contributed by atoms with Gasteiger partial charge in [0.25, 0.3) is 0 Å². The lowest BCUT2D eigenvalue weighted by Crippen LogP contribution is -2.46. The van der Waals surface area contributed by atoms with Gasteiger partial charge in [0.15, 0.2) is 5.79 Å². The summed E-state index contributed by atoms with van der Waals surface area (Å²) in [5.41, 5.74) is 15.9. The van der Waals surface area contributed by atoms with Crippen LogP contribution in [0.25, 0.3) is 11.0 Å². The van der Waals surface area contributed by atoms with E-state index in [1.807, 2.05) is 45.0 Å². The highest BCUT2D eigenvalue weighted by atomic mass is 16.8. The predicted octanol–water partition coefficient (Wildman–Crippen LogP) is 4.29. The van der Waals surface area contributed by atoms with Crippen molar-refractivity contribution < 1.29 is 14.3 Å². The molecule has 3 aliphatic rings. The summed E-state index contributed by atoms with van der Waals surface area (Å²) < 4.78 is 15.1. The van der Waals surface area contributed by atoms with E-state index in [9.17, 15) is 4.79 Å². The standard InChI is InChI=1S/C31H42N6O3/c1-18-5-7-20(25(32)11-18)14-23(38)8-6-19-12-22(13-19)36(4)16-21-15-26(28-27(21)39-31(2,3)40-28)37-10-9-24-29(33)34-17-35-30(24)37/h5,7,9-11,17,19,21-22,26-28H,6,8,12-16,32H2,1-4H3,(H2,33,34,35)/t19?,21-,22?,26-,27-,28+/m1/s1. The summed E-state index contributed by atoms with van der Waals surface area (Å²) in [4.78, 5) is 23.8. The summed E-state index contributed by atoms with van der Waals surface area (Å²) in [6, 6.07) is 8.61. The number of carbonyl (C=O) groups excluding carboxylic acids is 1. The summed E-state index contributed by atoms with van der Waals surface area (Å²) in [5.74, 6) is 1.12. The number of fused-ring (bicyclic) bond motifs is 2. The Kier molecular flexibility index (Phi) is 7.09. The molecule has 0 unspecified atom stereocenters. The molecule has 3 heterocycles. The second-order valence-corrected chi connectivity index (χ2v) is 12.7. The Balaban J connectivity index is 1.04. The molecular weight excluding hydrogens is 504 g/mol. The topological polar surface area (TPSA) is 122 Å². The molecule has 0 bridgehead atoms. The fourth-order valence-corrected chi connectivity index (χ4v) is 7.12. The minimum atomic E-state index is -0.612. The first kappa shape index (κ1) is 27.2. The van der Waals surface area contributed by atoms with Crippen LogP contribution >= 0.6 is 0 Å². The lowest BCUT2D eigenvalue weighted by Gasteiger charge is -2.42. The predicted molar refractivity (Wildman–Crippen MR) is 156 cm³/mol. The first-order valence-corrected chi connectivity index (χ1v) is 14.6. The normalized spacial score (nSPS) is 29.1. The van der Waals surface area contributed by atoms with E-state index in [1.54, 1.807) is 0 Å². The van der Waals surface area contributed by atoms with Crippen LogP contribution in [0.3, 0.4) is 0 Å². The number of hydrogen-bond donors (Lipinski definition) is 2. The molecule has 1 saturated heterocycles. The second kappa shape index (κ2) is 10.4. The van der Waals surface area contributed by atoms with Crippen LogP contribution < -0.4 is 11.5 Å². The molecular formula is C31H42N6O3. The van der Waals surface area contributed by atoms with E-state index in [-0.39, 0.29) is 24.0 Å². The van der Waals surface area contributed by atoms with Crippen LogP contribution in [0.2, 0.25) is 0 Å². The minimum Gasteiger partial charge on any atom is -0.398 e. The first-order chi connectivity index (χ1) is 19.1. The van der Waals surface area contributed by atoms with Crippen LogP contribution in [0.4, 0.5) is 11.5 Å². The van der Waals surface area contributed by atoms with Gasteiger partial charge in [-0.05, 0) is 82.7 Å². The van der Waals surface area contributed by atoms with E-state index < -0.39 is 5.79 Å². The van der Waals surface area contributed by atoms with Crippen molar-refractivity contribution >= 4 is 28.3 Å². The quantitative estimate of drug-likeness (QED) is 0.381. The highest BCUT2D eigenvalue weighted by molar-refractivity contribution is 5.86. The summed E-state index contributed by atoms with van der Waals surface area (Å²) >= 11 is 0. The smallest absolute Gasteiger partial charge is 0.163 e. The molecule has 2 saturated carbocycles. The number of hydrogen-bond acceptors (Lipinski definition) is 8. The van der Waals surface area contributed by atoms with Gasteiger partial charge in [0.2, 0.25) is 0 Å². The highest BCUT2D eigenvalue weighted by Gasteiger charge is 2.55. The van der Waals surface area contributed by atoms with Gasteiger partial charge in [-0.1, -0.05) is 12.1 Å². The summed E-state index contributed by atoms with van der Waals surface area (Å²) in [7, 11) is 2.23. The fourth-order valence-electron chi connectivity index (χ4n) is 7.12. The number of nitrogens with zero attached hydrogens (tertiary/aromatic N) is 4. The van der Waals surface area contributed by atoms with Gasteiger partial charge in [0, 0.05) is 43.2 Å². The molecule has 40 heavy (non-hydrogen) atoms. The molecule has 2 aromatic heterocycles. The molecule has 0 radical (unpaired) electrons. The molecule has 4 N–H and O–H groups in total. The van der Waals surface area contributed by atoms with Crippen molar-refractivity contribution in [3.05, 3.63) is 47.9 Å². The van der Waals surface area contributed by atoms with Crippen molar-refractivity contribution in [2.45, 2.75) is 89.4 Å². The largest absolute Gasteiger partial charge is 0.398 e. The van der Waals surface area contributed by atoms with E-state index in [0.29, 0.717) is 36.5 Å². The Labute approximate surface area is 236 Å². The number of benzene rings is 1. The Bertz CT molecular complexity index is 1400. The van der Waals surface area contributed by atoms with Gasteiger partial charge in [-0.15, -0.1) is 0 Å². The van der Waals surface area contributed by atoms with E-state index in [4.69, 9.17) is 20.9 Å². The third-order valence-electron chi connectivity index (χ3n) is 9.33. The zero-order valence-electron chi connectivity index (χ0n) is 24.0. The van der Waals surface area contributed by atoms with Crippen molar-refractivity contribution in [3.8, 4) is 0 Å². The van der Waals surface area contributed by atoms with Crippen LogP contribution in [0.5, 0.6) is 0 Å². The molecule has 4 atom stereocenters. The lowest BCUT2D eigenvalue weighted by atomic mass is 9.76. The Morgan fingerprint density at radius 2 is 1.90 bits per heavy atom. The lowest BCUT2D eigenvalue weighted by molar-refractivity contribution is -0.161. The first-order valence-electron chi connectivity index (χ1n) is 14.6. The molecule has 214 valence electrons. The van der Waals surface area contributed by atoms with Crippen LogP contribution in [0.1, 0.15) is 63.1 Å². The van der Waals surface area contributed by atoms with Crippen LogP contribution in [0, 0.1) is 18.8 Å². The molecule has 6 rings (SSSR count). The number of anilines is 2. The Morgan fingerprint density at radius 3 is 2.67 bits per heavy atom. The van der Waals surface area contributed by atoms with E-state index in [2.05, 4.69) is 32.7 Å². The third-order valence-corrected chi connectivity index (χ3v) is 9.33. The number of ketones is 1. The van der Waals surface area contributed by atoms with Gasteiger partial charge in [-0.25, -0.2) is 9.97 Å². The Hall–Kier alpha value is -3.01. The highest BCUT2D eigenvalue weighted by Crippen LogP contribution is 2.48. The van der Waals surface area contributed by atoms with E-state index in [0.717, 1.165) is 60.1 Å². The average molecular weight is 547 g/mol. The van der Waals surface area contributed by atoms with Crippen LogP contribution in [-0.2, 0) is 20.7 Å². The van der Waals surface area contributed by atoms with Gasteiger partial charge in [0.1, 0.15) is 29.7 Å². The van der Waals surface area contributed by atoms with Crippen LogP contribution in [-0.4, -0.2) is 62.8 Å². The van der Waals surface area contributed by atoms with Crippen molar-refractivity contribution in [1.82, 2.24) is 19.4 Å². The molecule has 1 aromatic carbocycles. The van der Waals surface area contributed by atoms with Crippen molar-refractivity contribution in [2.24, 2.45) is 11.8 Å². The maximum Gasteiger partial charge on any atom is 0.163 e. The summed E-state index contributed by atoms with van der Waals surface area (Å²) in [6.07, 6.45) is 8.83. The number of Topliss-reactive ketones (excluding diaryl/α,β-unsaturated/α-hetero) is 1. The zero-order chi connectivity index (χ0) is 28.2. The molecule has 3 aromatic rings. The maximum atomic E-state index is 12.6. The average Bonchev–Trinajstić information content (AvgIpc) is 3.52. The molecule has 2 aliphatic carbocycles. The van der Waals surface area contributed by atoms with Gasteiger partial charge in [-0.3, -0.25) is 4.79 Å².